The van der Waals surface area contributed by atoms with Crippen LogP contribution in [0.5, 0.6) is 11.5 Å². The van der Waals surface area contributed by atoms with E-state index in [0.717, 1.165) is 39.1 Å². The molecule has 1 aliphatic heterocycles. The number of hydrogen-bond acceptors (Lipinski definition) is 7. The largest absolute Gasteiger partial charge is 0.500 e. The molecule has 0 aromatic heterocycles. The Kier molecular flexibility index (Phi) is 5.35. The number of benzene rings is 3. The molecule has 0 saturated carbocycles. The summed E-state index contributed by atoms with van der Waals surface area (Å²) in [5.74, 6) is -1.19. The lowest BCUT2D eigenvalue weighted by molar-refractivity contribution is -0.386. The van der Waals surface area contributed by atoms with E-state index >= 15 is 0 Å². The van der Waals surface area contributed by atoms with E-state index in [-0.39, 0.29) is 22.8 Å². The highest BCUT2D eigenvalue weighted by Crippen LogP contribution is 2.39. The maximum Gasteiger partial charge on any atom is 0.315 e. The van der Waals surface area contributed by atoms with Crippen molar-refractivity contribution >= 4 is 45.4 Å². The molecule has 0 radical (unpaired) electrons. The van der Waals surface area contributed by atoms with E-state index in [4.69, 9.17) is 4.74 Å². The number of carbonyl (C=O) groups excluding carboxylic acids is 2. The Bertz CT molecular complexity index is 1260. The maximum absolute atomic E-state index is 12.9. The van der Waals surface area contributed by atoms with Crippen LogP contribution in [0, 0.1) is 10.1 Å². The SMILES string of the molecule is COc1cc(/C=C2\SC(=O)N(Cc3cccc4ccccc34)C2=O)cc([N+](=O)[O-])c1O. The van der Waals surface area contributed by atoms with Crippen molar-refractivity contribution in [2.45, 2.75) is 6.54 Å². The zero-order valence-corrected chi connectivity index (χ0v) is 17.1. The molecule has 1 heterocycles. The van der Waals surface area contributed by atoms with Gasteiger partial charge in [-0.05, 0) is 45.8 Å². The monoisotopic (exact) mass is 436 g/mol. The molecule has 31 heavy (non-hydrogen) atoms. The van der Waals surface area contributed by atoms with Gasteiger partial charge >= 0.3 is 5.69 Å². The number of fused-ring (bicyclic) bond motifs is 1. The van der Waals surface area contributed by atoms with Crippen LogP contribution in [0.3, 0.4) is 0 Å². The molecular formula is C22H16N2O6S. The van der Waals surface area contributed by atoms with E-state index < -0.39 is 27.5 Å². The first kappa shape index (κ1) is 20.4. The Balaban J connectivity index is 1.66. The molecule has 0 spiro atoms. The Morgan fingerprint density at radius 2 is 1.90 bits per heavy atom. The average molecular weight is 436 g/mol. The fourth-order valence-electron chi connectivity index (χ4n) is 3.38. The molecule has 0 atom stereocenters. The molecule has 9 heteroatoms. The number of phenols is 1. The van der Waals surface area contributed by atoms with Gasteiger partial charge in [0.25, 0.3) is 11.1 Å². The highest BCUT2D eigenvalue weighted by Gasteiger charge is 2.35. The first-order valence-corrected chi connectivity index (χ1v) is 9.98. The summed E-state index contributed by atoms with van der Waals surface area (Å²) in [5.41, 5.74) is 0.543. The number of carbonyl (C=O) groups is 2. The minimum absolute atomic E-state index is 0.101. The maximum atomic E-state index is 12.9. The predicted molar refractivity (Wildman–Crippen MR) is 117 cm³/mol. The second-order valence-electron chi connectivity index (χ2n) is 6.75. The Morgan fingerprint density at radius 1 is 1.16 bits per heavy atom. The van der Waals surface area contributed by atoms with E-state index in [9.17, 15) is 24.8 Å². The first-order valence-electron chi connectivity index (χ1n) is 9.16. The fourth-order valence-corrected chi connectivity index (χ4v) is 4.22. The standard InChI is InChI=1S/C22H16N2O6S/c1-30-18-10-13(9-17(20(18)25)24(28)29)11-19-21(26)23(22(27)31-19)12-15-7-4-6-14-5-2-3-8-16(14)15/h2-11,25H,12H2,1H3/b19-11-. The van der Waals surface area contributed by atoms with E-state index in [1.165, 1.54) is 19.3 Å². The Labute approximate surface area is 180 Å². The number of nitro groups is 1. The minimum atomic E-state index is -0.749. The fraction of sp³-hybridized carbons (Fsp3) is 0.0909. The van der Waals surface area contributed by atoms with Crippen molar-refractivity contribution in [3.05, 3.63) is 80.7 Å². The van der Waals surface area contributed by atoms with Crippen LogP contribution in [0.15, 0.2) is 59.5 Å². The highest BCUT2D eigenvalue weighted by molar-refractivity contribution is 8.18. The van der Waals surface area contributed by atoms with Gasteiger partial charge in [0.05, 0.1) is 23.5 Å². The number of phenolic OH excluding ortho intramolecular Hbond substituents is 1. The molecular weight excluding hydrogens is 420 g/mol. The van der Waals surface area contributed by atoms with Gasteiger partial charge in [-0.3, -0.25) is 24.6 Å². The number of thioether (sulfide) groups is 1. The molecule has 8 nitrogen and oxygen atoms in total. The van der Waals surface area contributed by atoms with Gasteiger partial charge in [-0.1, -0.05) is 42.5 Å². The lowest BCUT2D eigenvalue weighted by Crippen LogP contribution is -2.27. The Morgan fingerprint density at radius 3 is 2.65 bits per heavy atom. The number of methoxy groups -OCH3 is 1. The number of nitrogens with zero attached hydrogens (tertiary/aromatic N) is 2. The molecule has 0 aliphatic carbocycles. The summed E-state index contributed by atoms with van der Waals surface area (Å²) in [6, 6.07) is 15.9. The molecule has 1 saturated heterocycles. The molecule has 1 fully saturated rings. The van der Waals surface area contributed by atoms with Crippen LogP contribution in [-0.2, 0) is 11.3 Å². The number of aromatic hydroxyl groups is 1. The van der Waals surface area contributed by atoms with E-state index in [2.05, 4.69) is 0 Å². The minimum Gasteiger partial charge on any atom is -0.500 e. The number of hydrogen-bond donors (Lipinski definition) is 1. The molecule has 1 N–H and O–H groups in total. The van der Waals surface area contributed by atoms with Crippen molar-refractivity contribution in [2.75, 3.05) is 7.11 Å². The highest BCUT2D eigenvalue weighted by atomic mass is 32.2. The van der Waals surface area contributed by atoms with Gasteiger partial charge in [0.1, 0.15) is 0 Å². The van der Waals surface area contributed by atoms with E-state index in [0.29, 0.717) is 0 Å². The first-order chi connectivity index (χ1) is 14.9. The number of nitro benzene ring substituents is 1. The molecule has 3 aromatic rings. The van der Waals surface area contributed by atoms with Gasteiger partial charge in [-0.15, -0.1) is 0 Å². The van der Waals surface area contributed by atoms with Crippen molar-refractivity contribution in [3.63, 3.8) is 0 Å². The summed E-state index contributed by atoms with van der Waals surface area (Å²) in [7, 11) is 1.26. The third kappa shape index (κ3) is 3.82. The number of imide groups is 1. The summed E-state index contributed by atoms with van der Waals surface area (Å²) < 4.78 is 4.98. The van der Waals surface area contributed by atoms with Crippen molar-refractivity contribution in [3.8, 4) is 11.5 Å². The second-order valence-corrected chi connectivity index (χ2v) is 7.75. The molecule has 0 unspecified atom stereocenters. The lowest BCUT2D eigenvalue weighted by Gasteiger charge is -2.14. The summed E-state index contributed by atoms with van der Waals surface area (Å²) in [6.07, 6.45) is 1.38. The van der Waals surface area contributed by atoms with Gasteiger partial charge in [-0.2, -0.15) is 0 Å². The van der Waals surface area contributed by atoms with Crippen LogP contribution in [0.1, 0.15) is 11.1 Å². The second kappa shape index (κ2) is 8.11. The van der Waals surface area contributed by atoms with Crippen LogP contribution in [0.2, 0.25) is 0 Å². The van der Waals surface area contributed by atoms with Crippen molar-refractivity contribution in [1.29, 1.82) is 0 Å². The van der Waals surface area contributed by atoms with Crippen LogP contribution < -0.4 is 4.74 Å². The van der Waals surface area contributed by atoms with E-state index in [1.807, 2.05) is 42.5 Å². The molecule has 3 aromatic carbocycles. The van der Waals surface area contributed by atoms with E-state index in [1.54, 1.807) is 0 Å². The summed E-state index contributed by atoms with van der Waals surface area (Å²) in [4.78, 5) is 37.2. The third-order valence-electron chi connectivity index (χ3n) is 4.87. The molecule has 1 aliphatic rings. The number of amides is 2. The normalized spacial score (nSPS) is 15.1. The Hall–Kier alpha value is -3.85. The molecule has 2 amide bonds. The summed E-state index contributed by atoms with van der Waals surface area (Å²) in [5, 5.41) is 22.6. The van der Waals surface area contributed by atoms with Gasteiger partial charge in [-0.25, -0.2) is 0 Å². The number of ether oxygens (including phenoxy) is 1. The summed E-state index contributed by atoms with van der Waals surface area (Å²) in [6.45, 7) is 0.113. The molecule has 4 rings (SSSR count). The zero-order chi connectivity index (χ0) is 22.1. The van der Waals surface area contributed by atoms with Crippen LogP contribution in [0.25, 0.3) is 16.8 Å². The van der Waals surface area contributed by atoms with Gasteiger partial charge in [0.15, 0.2) is 5.75 Å². The smallest absolute Gasteiger partial charge is 0.315 e. The van der Waals surface area contributed by atoms with Gasteiger partial charge < -0.3 is 9.84 Å². The van der Waals surface area contributed by atoms with Crippen molar-refractivity contribution in [1.82, 2.24) is 4.90 Å². The molecule has 0 bridgehead atoms. The van der Waals surface area contributed by atoms with Gasteiger partial charge in [0, 0.05) is 6.07 Å². The van der Waals surface area contributed by atoms with Gasteiger partial charge in [0.2, 0.25) is 5.75 Å². The zero-order valence-electron chi connectivity index (χ0n) is 16.3. The van der Waals surface area contributed by atoms with Crippen molar-refractivity contribution < 1.29 is 24.4 Å². The van der Waals surface area contributed by atoms with Crippen LogP contribution in [-0.4, -0.2) is 33.2 Å². The third-order valence-corrected chi connectivity index (χ3v) is 5.78. The summed E-state index contributed by atoms with van der Waals surface area (Å²) >= 11 is 0.759. The van der Waals surface area contributed by atoms with Crippen LogP contribution >= 0.6 is 11.8 Å². The van der Waals surface area contributed by atoms with Crippen molar-refractivity contribution in [2.24, 2.45) is 0 Å². The number of rotatable bonds is 5. The molecule has 156 valence electrons. The quantitative estimate of drug-likeness (QED) is 0.351. The topological polar surface area (TPSA) is 110 Å². The van der Waals surface area contributed by atoms with Crippen LogP contribution in [0.4, 0.5) is 10.5 Å². The average Bonchev–Trinajstić information content (AvgIpc) is 3.02. The lowest BCUT2D eigenvalue weighted by atomic mass is 10.0. The predicted octanol–water partition coefficient (Wildman–Crippen LogP) is 4.70.